The van der Waals surface area contributed by atoms with Crippen molar-refractivity contribution >= 4 is 33.5 Å². The van der Waals surface area contributed by atoms with Crippen LogP contribution in [0.3, 0.4) is 0 Å². The summed E-state index contributed by atoms with van der Waals surface area (Å²) >= 11 is 9.48. The summed E-state index contributed by atoms with van der Waals surface area (Å²) in [5.41, 5.74) is 1.07. The molecule has 8 heteroatoms. The number of rotatable bonds is 9. The monoisotopic (exact) mass is 459 g/mol. The van der Waals surface area contributed by atoms with Gasteiger partial charge in [0.25, 0.3) is 0 Å². The fourth-order valence-electron chi connectivity index (χ4n) is 2.30. The van der Waals surface area contributed by atoms with Gasteiger partial charge in [0.05, 0.1) is 16.1 Å². The number of halogens is 3. The molecule has 0 amide bonds. The van der Waals surface area contributed by atoms with Gasteiger partial charge in [0, 0.05) is 12.1 Å². The largest absolute Gasteiger partial charge is 0.490 e. The number of carboxylic acid groups (broad SMARTS) is 1. The zero-order valence-electron chi connectivity index (χ0n) is 14.9. The summed E-state index contributed by atoms with van der Waals surface area (Å²) in [5, 5.41) is 12.2. The van der Waals surface area contributed by atoms with Gasteiger partial charge in [-0.05, 0) is 59.6 Å². The van der Waals surface area contributed by atoms with Gasteiger partial charge in [0.1, 0.15) is 18.5 Å². The Balaban J connectivity index is 2.21. The molecule has 0 bridgehead atoms. The summed E-state index contributed by atoms with van der Waals surface area (Å²) in [6, 6.07) is 7.32. The third-order valence-electron chi connectivity index (χ3n) is 3.77. The summed E-state index contributed by atoms with van der Waals surface area (Å²) < 4.78 is 26.0. The molecule has 5 nitrogen and oxygen atoms in total. The highest BCUT2D eigenvalue weighted by Gasteiger charge is 2.16. The lowest BCUT2D eigenvalue weighted by Gasteiger charge is -2.17. The van der Waals surface area contributed by atoms with Crippen molar-refractivity contribution in [3.05, 3.63) is 56.8 Å². The molecule has 2 aromatic rings. The SMILES string of the molecule is CCOc1cc(CNC(C)C(=O)O)cc(Br)c1OCc1c(F)cccc1Cl. The molecule has 0 spiro atoms. The third-order valence-corrected chi connectivity index (χ3v) is 4.72. The molecular formula is C19H20BrClFNO4. The summed E-state index contributed by atoms with van der Waals surface area (Å²) in [4.78, 5) is 10.9. The highest BCUT2D eigenvalue weighted by molar-refractivity contribution is 9.10. The Hall–Kier alpha value is -1.83. The van der Waals surface area contributed by atoms with Crippen LogP contribution in [0.2, 0.25) is 5.02 Å². The number of carboxylic acids is 1. The Morgan fingerprint density at radius 2 is 2.11 bits per heavy atom. The molecule has 0 saturated carbocycles. The average molecular weight is 461 g/mol. The van der Waals surface area contributed by atoms with E-state index < -0.39 is 17.8 Å². The van der Waals surface area contributed by atoms with Gasteiger partial charge in [0.15, 0.2) is 11.5 Å². The summed E-state index contributed by atoms with van der Waals surface area (Å²) in [5.74, 6) is -0.480. The number of aliphatic carboxylic acids is 1. The van der Waals surface area contributed by atoms with E-state index >= 15 is 0 Å². The molecule has 2 aromatic carbocycles. The van der Waals surface area contributed by atoms with E-state index in [2.05, 4.69) is 21.2 Å². The minimum atomic E-state index is -0.930. The van der Waals surface area contributed by atoms with Crippen molar-refractivity contribution in [1.82, 2.24) is 5.32 Å². The van der Waals surface area contributed by atoms with Gasteiger partial charge in [0.2, 0.25) is 0 Å². The van der Waals surface area contributed by atoms with Gasteiger partial charge in [-0.15, -0.1) is 0 Å². The predicted octanol–water partition coefficient (Wildman–Crippen LogP) is 4.78. The molecule has 0 saturated heterocycles. The molecule has 0 aromatic heterocycles. The standard InChI is InChI=1S/C19H20BrClFNO4/c1-3-26-17-8-12(9-23-11(2)19(24)25)7-14(20)18(17)27-10-13-15(21)5-4-6-16(13)22/h4-8,11,23H,3,9-10H2,1-2H3,(H,24,25). The first kappa shape index (κ1) is 21.5. The Morgan fingerprint density at radius 3 is 2.74 bits per heavy atom. The van der Waals surface area contributed by atoms with Gasteiger partial charge in [-0.1, -0.05) is 17.7 Å². The number of nitrogens with one attached hydrogen (secondary N) is 1. The van der Waals surface area contributed by atoms with Crippen LogP contribution in [0.1, 0.15) is 25.0 Å². The van der Waals surface area contributed by atoms with Crippen LogP contribution in [0.4, 0.5) is 4.39 Å². The minimum absolute atomic E-state index is 0.0577. The topological polar surface area (TPSA) is 67.8 Å². The Labute approximate surface area is 170 Å². The number of hydrogen-bond donors (Lipinski definition) is 2. The van der Waals surface area contributed by atoms with Crippen LogP contribution in [0.15, 0.2) is 34.8 Å². The van der Waals surface area contributed by atoms with Crippen LogP contribution in [0, 0.1) is 5.82 Å². The molecule has 0 fully saturated rings. The van der Waals surface area contributed by atoms with Gasteiger partial charge in [-0.2, -0.15) is 0 Å². The van der Waals surface area contributed by atoms with Gasteiger partial charge in [-0.25, -0.2) is 4.39 Å². The quantitative estimate of drug-likeness (QED) is 0.563. The molecule has 146 valence electrons. The van der Waals surface area contributed by atoms with E-state index in [0.717, 1.165) is 5.56 Å². The highest BCUT2D eigenvalue weighted by Crippen LogP contribution is 2.38. The lowest BCUT2D eigenvalue weighted by molar-refractivity contribution is -0.139. The van der Waals surface area contributed by atoms with Crippen molar-refractivity contribution in [2.45, 2.75) is 33.0 Å². The summed E-state index contributed by atoms with van der Waals surface area (Å²) in [6.45, 7) is 4.09. The van der Waals surface area contributed by atoms with E-state index in [1.165, 1.54) is 12.1 Å². The molecule has 1 atom stereocenters. The highest BCUT2D eigenvalue weighted by atomic mass is 79.9. The molecule has 0 radical (unpaired) electrons. The Kier molecular flexibility index (Phi) is 7.89. The maximum Gasteiger partial charge on any atom is 0.320 e. The van der Waals surface area contributed by atoms with Crippen LogP contribution in [0.5, 0.6) is 11.5 Å². The van der Waals surface area contributed by atoms with Gasteiger partial charge in [-0.3, -0.25) is 4.79 Å². The van der Waals surface area contributed by atoms with Crippen LogP contribution >= 0.6 is 27.5 Å². The first-order valence-corrected chi connectivity index (χ1v) is 9.47. The van der Waals surface area contributed by atoms with Crippen LogP contribution < -0.4 is 14.8 Å². The van der Waals surface area contributed by atoms with E-state index in [9.17, 15) is 9.18 Å². The maximum absolute atomic E-state index is 13.9. The maximum atomic E-state index is 13.9. The Morgan fingerprint density at radius 1 is 1.37 bits per heavy atom. The third kappa shape index (κ3) is 5.82. The lowest BCUT2D eigenvalue weighted by atomic mass is 10.2. The van der Waals surface area contributed by atoms with Crippen molar-refractivity contribution in [2.75, 3.05) is 6.61 Å². The zero-order valence-corrected chi connectivity index (χ0v) is 17.2. The minimum Gasteiger partial charge on any atom is -0.490 e. The number of ether oxygens (including phenoxy) is 2. The molecule has 1 unspecified atom stereocenters. The second-order valence-electron chi connectivity index (χ2n) is 5.77. The zero-order chi connectivity index (χ0) is 20.0. The van der Waals surface area contributed by atoms with Crippen LogP contribution in [-0.4, -0.2) is 23.7 Å². The van der Waals surface area contributed by atoms with Crippen LogP contribution in [-0.2, 0) is 17.9 Å². The van der Waals surface area contributed by atoms with Crippen LogP contribution in [0.25, 0.3) is 0 Å². The first-order chi connectivity index (χ1) is 12.8. The Bertz CT molecular complexity index is 798. The molecular weight excluding hydrogens is 441 g/mol. The van der Waals surface area contributed by atoms with Crippen molar-refractivity contribution in [3.63, 3.8) is 0 Å². The summed E-state index contributed by atoms with van der Waals surface area (Å²) in [7, 11) is 0. The smallest absolute Gasteiger partial charge is 0.320 e. The van der Waals surface area contributed by atoms with Crippen molar-refractivity contribution in [2.24, 2.45) is 0 Å². The van der Waals surface area contributed by atoms with Gasteiger partial charge >= 0.3 is 5.97 Å². The van der Waals surface area contributed by atoms with Crippen molar-refractivity contribution < 1.29 is 23.8 Å². The first-order valence-electron chi connectivity index (χ1n) is 8.30. The summed E-state index contributed by atoms with van der Waals surface area (Å²) in [6.07, 6.45) is 0. The molecule has 27 heavy (non-hydrogen) atoms. The molecule has 2 N–H and O–H groups in total. The number of benzene rings is 2. The predicted molar refractivity (Wildman–Crippen MR) is 105 cm³/mol. The second kappa shape index (κ2) is 9.92. The lowest BCUT2D eigenvalue weighted by Crippen LogP contribution is -2.33. The molecule has 0 aliphatic heterocycles. The van der Waals surface area contributed by atoms with E-state index in [-0.39, 0.29) is 17.2 Å². The molecule has 0 aliphatic rings. The van der Waals surface area contributed by atoms with Crippen molar-refractivity contribution in [3.8, 4) is 11.5 Å². The van der Waals surface area contributed by atoms with E-state index in [1.54, 1.807) is 25.1 Å². The van der Waals surface area contributed by atoms with E-state index in [4.69, 9.17) is 26.2 Å². The van der Waals surface area contributed by atoms with Crippen molar-refractivity contribution in [1.29, 1.82) is 0 Å². The van der Waals surface area contributed by atoms with E-state index in [1.807, 2.05) is 6.92 Å². The number of carbonyl (C=O) groups is 1. The molecule has 2 rings (SSSR count). The van der Waals surface area contributed by atoms with Gasteiger partial charge < -0.3 is 19.9 Å². The molecule has 0 aliphatic carbocycles. The van der Waals surface area contributed by atoms with E-state index in [0.29, 0.717) is 29.1 Å². The fourth-order valence-corrected chi connectivity index (χ4v) is 3.12. The average Bonchev–Trinajstić information content (AvgIpc) is 2.61. The number of hydrogen-bond acceptors (Lipinski definition) is 4. The fraction of sp³-hybridized carbons (Fsp3) is 0.316. The molecule has 0 heterocycles. The normalized spacial score (nSPS) is 11.9. The second-order valence-corrected chi connectivity index (χ2v) is 7.03.